The summed E-state index contributed by atoms with van der Waals surface area (Å²) in [6, 6.07) is 8.67. The SMILES string of the molecule is CC(C[C@@H]([NH3+])Cc1ccc(OC(=O)CCCN2C(=O)C=CC2=O)c(NC(=O)CCCN2C(=O)C=CC2=O)c1)C(=O)O.CC(C[C@H](Cc1ccc(OC(=O)CCCN2C(=O)C=CC2=O)c(NC(=O)CCCN2C(=O)C=CC2=O)c1)NC(=O)OC(C)(C)C)C(=O)OC(C)(C)C. The highest BCUT2D eigenvalue weighted by atomic mass is 16.6. The fourth-order valence-corrected chi connectivity index (χ4v) is 9.61. The van der Waals surface area contributed by atoms with Crippen molar-refractivity contribution in [2.24, 2.45) is 11.8 Å². The van der Waals surface area contributed by atoms with Crippen molar-refractivity contribution in [3.8, 4) is 11.5 Å². The molecule has 2 aromatic rings. The first-order valence-electron chi connectivity index (χ1n) is 30.3. The number of nitrogens with zero attached hydrogens (tertiary/aromatic N) is 4. The van der Waals surface area contributed by atoms with Crippen molar-refractivity contribution in [3.63, 3.8) is 0 Å². The van der Waals surface area contributed by atoms with Gasteiger partial charge in [0.15, 0.2) is 11.5 Å². The second kappa shape index (κ2) is 33.9. The van der Waals surface area contributed by atoms with Crippen molar-refractivity contribution in [2.45, 2.75) is 156 Å². The van der Waals surface area contributed by atoms with E-state index >= 15 is 0 Å². The lowest BCUT2D eigenvalue weighted by molar-refractivity contribution is -0.422. The molecule has 0 aliphatic carbocycles. The Bertz CT molecular complexity index is 3300. The van der Waals surface area contributed by atoms with Gasteiger partial charge in [0.05, 0.1) is 29.3 Å². The van der Waals surface area contributed by atoms with Crippen LogP contribution in [0.25, 0.3) is 0 Å². The molecule has 0 radical (unpaired) electrons. The van der Waals surface area contributed by atoms with Crippen LogP contribution in [0.4, 0.5) is 16.2 Å². The molecule has 0 bridgehead atoms. The first kappa shape index (κ1) is 73.7. The second-order valence-electron chi connectivity index (χ2n) is 24.5. The topological polar surface area (TPSA) is 390 Å². The number of amides is 11. The summed E-state index contributed by atoms with van der Waals surface area (Å²) in [5, 5.41) is 17.4. The molecule has 4 heterocycles. The van der Waals surface area contributed by atoms with Crippen molar-refractivity contribution in [2.75, 3.05) is 36.8 Å². The van der Waals surface area contributed by atoms with Crippen LogP contribution in [-0.2, 0) is 89.4 Å². The van der Waals surface area contributed by atoms with Crippen molar-refractivity contribution in [1.82, 2.24) is 24.9 Å². The number of anilines is 2. The number of alkyl carbamates (subject to hydrolysis) is 1. The van der Waals surface area contributed by atoms with E-state index in [0.717, 1.165) is 61.6 Å². The van der Waals surface area contributed by atoms with E-state index < -0.39 is 118 Å². The van der Waals surface area contributed by atoms with Crippen molar-refractivity contribution in [3.05, 3.63) is 96.1 Å². The fraction of sp³-hybridized carbons (Fsp3) is 0.462. The summed E-state index contributed by atoms with van der Waals surface area (Å²) < 4.78 is 22.1. The Balaban J connectivity index is 0.000000347. The van der Waals surface area contributed by atoms with E-state index in [1.54, 1.807) is 79.7 Å². The Morgan fingerprint density at radius 3 is 1.17 bits per heavy atom. The lowest BCUT2D eigenvalue weighted by Gasteiger charge is -2.27. The van der Waals surface area contributed by atoms with E-state index in [4.69, 9.17) is 18.9 Å². The molecule has 4 atom stereocenters. The number of hydrogen-bond acceptors (Lipinski definition) is 19. The Kier molecular flexibility index (Phi) is 26.9. The van der Waals surface area contributed by atoms with Crippen LogP contribution in [0.5, 0.6) is 11.5 Å². The van der Waals surface area contributed by atoms with E-state index in [1.165, 1.54) is 24.3 Å². The van der Waals surface area contributed by atoms with Gasteiger partial charge in [-0.25, -0.2) is 4.79 Å². The first-order chi connectivity index (χ1) is 43.6. The van der Waals surface area contributed by atoms with Gasteiger partial charge in [-0.2, -0.15) is 0 Å². The maximum absolute atomic E-state index is 13.1. The number of esters is 3. The zero-order chi connectivity index (χ0) is 68.9. The Hall–Kier alpha value is -9.99. The minimum absolute atomic E-state index is 0.0185. The number of nitrogens with one attached hydrogen (secondary N) is 3. The maximum Gasteiger partial charge on any atom is 0.407 e. The summed E-state index contributed by atoms with van der Waals surface area (Å²) in [4.78, 5) is 186. The minimum atomic E-state index is -0.920. The monoisotopic (exact) mass is 1290 g/mol. The molecule has 93 heavy (non-hydrogen) atoms. The third kappa shape index (κ3) is 24.6. The Labute approximate surface area is 537 Å². The molecule has 11 amide bonds. The molecule has 500 valence electrons. The van der Waals surface area contributed by atoms with Gasteiger partial charge >= 0.3 is 30.0 Å². The standard InChI is InChI=1S/C37H48N4O11.C28H32N4O9/c1-23(34(48)51-36(2,3)4)20-25(38-35(49)52-37(5,6)7)21-24-12-13-27(50-33(47)11-9-19-41-31(45)16-17-32(41)46)26(22-24)39-28(42)10-8-18-40-29(43)14-15-30(40)44;1-17(28(39)40)14-19(29)15-18-6-7-21(41-27(38)5-3-13-32-25(36)10-11-26(32)37)20(16-18)30-22(33)4-2-12-31-23(34)8-9-24(31)35/h12-17,22-23,25H,8-11,18-21H2,1-7H3,(H,38,49)(H,39,42);6-11,16-17,19H,2-5,12-15,29H2,1H3,(H,30,33)(H,39,40)/p+1/t23?,25-;17?,19-/m11/s1. The fourth-order valence-electron chi connectivity index (χ4n) is 9.61. The number of hydrogen-bond donors (Lipinski definition) is 5. The maximum atomic E-state index is 13.1. The number of carbonyl (C=O) groups excluding carboxylic acids is 14. The normalized spacial score (nSPS) is 15.7. The number of aliphatic carboxylic acids is 1. The van der Waals surface area contributed by atoms with Gasteiger partial charge in [0.2, 0.25) is 11.8 Å². The van der Waals surface area contributed by atoms with Gasteiger partial charge in [-0.05, 0) is 115 Å². The molecule has 28 heteroatoms. The molecule has 4 aliphatic rings. The highest BCUT2D eigenvalue weighted by molar-refractivity contribution is 6.14. The van der Waals surface area contributed by atoms with E-state index in [1.807, 2.05) is 0 Å². The number of benzene rings is 2. The molecule has 0 fully saturated rings. The first-order valence-corrected chi connectivity index (χ1v) is 30.3. The Morgan fingerprint density at radius 2 is 0.828 bits per heavy atom. The lowest BCUT2D eigenvalue weighted by Crippen LogP contribution is -2.62. The molecule has 0 saturated carbocycles. The minimum Gasteiger partial charge on any atom is -0.481 e. The van der Waals surface area contributed by atoms with Gasteiger partial charge in [-0.3, -0.25) is 86.7 Å². The van der Waals surface area contributed by atoms with Crippen LogP contribution in [0.15, 0.2) is 85.0 Å². The number of imide groups is 4. The quantitative estimate of drug-likeness (QED) is 0.0405. The number of rotatable bonds is 31. The predicted octanol–water partition coefficient (Wildman–Crippen LogP) is 3.95. The van der Waals surface area contributed by atoms with Gasteiger partial charge in [-0.1, -0.05) is 26.0 Å². The number of ether oxygens (including phenoxy) is 4. The molecule has 2 unspecified atom stereocenters. The molecule has 28 nitrogen and oxygen atoms in total. The molecule has 2 aromatic carbocycles. The molecular formula is C65H81N8O20+. The summed E-state index contributed by atoms with van der Waals surface area (Å²) >= 11 is 0. The summed E-state index contributed by atoms with van der Waals surface area (Å²) in [6.45, 7) is 13.9. The average Bonchev–Trinajstić information content (AvgIpc) is 1.92. The predicted molar refractivity (Wildman–Crippen MR) is 330 cm³/mol. The van der Waals surface area contributed by atoms with Gasteiger partial charge in [0, 0.05) is 119 Å². The molecule has 6 rings (SSSR count). The summed E-state index contributed by atoms with van der Waals surface area (Å²) in [5.74, 6) is -8.30. The van der Waals surface area contributed by atoms with Gasteiger partial charge < -0.3 is 45.7 Å². The Morgan fingerprint density at radius 1 is 0.484 bits per heavy atom. The van der Waals surface area contributed by atoms with Crippen LogP contribution in [0, 0.1) is 11.8 Å². The molecule has 0 aromatic heterocycles. The van der Waals surface area contributed by atoms with E-state index in [0.29, 0.717) is 18.4 Å². The number of quaternary nitrogens is 1. The highest BCUT2D eigenvalue weighted by Gasteiger charge is 2.31. The van der Waals surface area contributed by atoms with Crippen LogP contribution in [0.2, 0.25) is 0 Å². The summed E-state index contributed by atoms with van der Waals surface area (Å²) in [7, 11) is 0. The highest BCUT2D eigenvalue weighted by Crippen LogP contribution is 2.30. The molecule has 0 saturated heterocycles. The van der Waals surface area contributed by atoms with Crippen LogP contribution in [0.1, 0.15) is 131 Å². The van der Waals surface area contributed by atoms with Gasteiger partial charge in [0.25, 0.3) is 47.3 Å². The van der Waals surface area contributed by atoms with E-state index in [9.17, 15) is 77.0 Å². The van der Waals surface area contributed by atoms with Crippen LogP contribution in [0.3, 0.4) is 0 Å². The zero-order valence-corrected chi connectivity index (χ0v) is 53.4. The second-order valence-corrected chi connectivity index (χ2v) is 24.5. The molecular weight excluding hydrogens is 1210 g/mol. The average molecular weight is 1290 g/mol. The lowest BCUT2D eigenvalue weighted by atomic mass is 9.95. The van der Waals surface area contributed by atoms with E-state index in [2.05, 4.69) is 21.7 Å². The molecule has 0 spiro atoms. The van der Waals surface area contributed by atoms with Crippen molar-refractivity contribution in [1.29, 1.82) is 0 Å². The largest absolute Gasteiger partial charge is 0.481 e. The van der Waals surface area contributed by atoms with Gasteiger partial charge in [-0.15, -0.1) is 0 Å². The van der Waals surface area contributed by atoms with Crippen molar-refractivity contribution >= 4 is 100 Å². The number of carboxylic acids is 1. The van der Waals surface area contributed by atoms with Crippen LogP contribution in [-0.4, -0.2) is 163 Å². The summed E-state index contributed by atoms with van der Waals surface area (Å²) in [5.41, 5.74) is 4.22. The van der Waals surface area contributed by atoms with Crippen molar-refractivity contribution < 1.29 is 102 Å². The van der Waals surface area contributed by atoms with Gasteiger partial charge in [0.1, 0.15) is 11.2 Å². The zero-order valence-electron chi connectivity index (χ0n) is 53.4. The molecule has 4 aliphatic heterocycles. The summed E-state index contributed by atoms with van der Waals surface area (Å²) in [6.07, 6.45) is 10.1. The third-order valence-corrected chi connectivity index (χ3v) is 14.1. The van der Waals surface area contributed by atoms with E-state index in [-0.39, 0.29) is 119 Å². The number of carboxylic acid groups (broad SMARTS) is 1. The van der Waals surface area contributed by atoms with Crippen LogP contribution >= 0.6 is 0 Å². The smallest absolute Gasteiger partial charge is 0.407 e. The van der Waals surface area contributed by atoms with Crippen LogP contribution < -0.4 is 31.2 Å². The molecule has 7 N–H and O–H groups in total. The number of carbonyl (C=O) groups is 15. The third-order valence-electron chi connectivity index (χ3n) is 14.1.